The highest BCUT2D eigenvalue weighted by atomic mass is 35.5. The second-order valence-corrected chi connectivity index (χ2v) is 7.77. The Bertz CT molecular complexity index is 786. The molecular weight excluding hydrogens is 399 g/mol. The van der Waals surface area contributed by atoms with Gasteiger partial charge in [0, 0.05) is 38.3 Å². The molecular formula is C18H19ClF3N3OS. The van der Waals surface area contributed by atoms with Crippen molar-refractivity contribution < 1.29 is 17.9 Å². The van der Waals surface area contributed by atoms with Crippen LogP contribution in [0.1, 0.15) is 17.4 Å². The Balaban J connectivity index is 1.56. The minimum Gasteiger partial charge on any atom is -0.378 e. The Morgan fingerprint density at radius 3 is 2.59 bits per heavy atom. The van der Waals surface area contributed by atoms with Gasteiger partial charge in [-0.05, 0) is 23.8 Å². The van der Waals surface area contributed by atoms with Crippen LogP contribution in [0.25, 0.3) is 0 Å². The number of anilines is 1. The number of benzene rings is 1. The summed E-state index contributed by atoms with van der Waals surface area (Å²) in [6, 6.07) is 8.97. The van der Waals surface area contributed by atoms with E-state index in [-0.39, 0.29) is 17.4 Å². The molecule has 2 aromatic rings. The zero-order valence-corrected chi connectivity index (χ0v) is 16.3. The van der Waals surface area contributed by atoms with Gasteiger partial charge in [0.05, 0.1) is 16.7 Å². The SMILES string of the molecule is CN(C)c1ccc(C2NCC(CSc3ncc(C(F)(F)F)cc3Cl)O2)cc1. The third-order valence-electron chi connectivity index (χ3n) is 4.11. The Kier molecular flexibility index (Phi) is 6.20. The van der Waals surface area contributed by atoms with Crippen LogP contribution in [0.15, 0.2) is 41.6 Å². The van der Waals surface area contributed by atoms with Crippen LogP contribution in [0.5, 0.6) is 0 Å². The Hall–Kier alpha value is -1.48. The summed E-state index contributed by atoms with van der Waals surface area (Å²) in [5.74, 6) is 0.539. The molecule has 2 unspecified atom stereocenters. The molecule has 0 saturated carbocycles. The molecule has 0 bridgehead atoms. The maximum absolute atomic E-state index is 12.7. The van der Waals surface area contributed by atoms with Gasteiger partial charge in [-0.25, -0.2) is 4.98 Å². The monoisotopic (exact) mass is 417 g/mol. The number of nitrogens with one attached hydrogen (secondary N) is 1. The van der Waals surface area contributed by atoms with Crippen LogP contribution in [0.4, 0.5) is 18.9 Å². The fourth-order valence-corrected chi connectivity index (χ4v) is 3.82. The summed E-state index contributed by atoms with van der Waals surface area (Å²) in [6.45, 7) is 0.644. The third-order valence-corrected chi connectivity index (χ3v) is 5.65. The highest BCUT2D eigenvalue weighted by molar-refractivity contribution is 7.99. The predicted molar refractivity (Wildman–Crippen MR) is 101 cm³/mol. The molecule has 2 heterocycles. The zero-order chi connectivity index (χ0) is 19.6. The van der Waals surface area contributed by atoms with E-state index in [1.807, 2.05) is 43.3 Å². The van der Waals surface area contributed by atoms with E-state index < -0.39 is 11.7 Å². The highest BCUT2D eigenvalue weighted by Crippen LogP contribution is 2.34. The summed E-state index contributed by atoms with van der Waals surface area (Å²) in [4.78, 5) is 5.86. The molecule has 9 heteroatoms. The van der Waals surface area contributed by atoms with E-state index in [0.717, 1.165) is 23.5 Å². The number of hydrogen-bond donors (Lipinski definition) is 1. The van der Waals surface area contributed by atoms with Crippen LogP contribution < -0.4 is 10.2 Å². The van der Waals surface area contributed by atoms with E-state index in [0.29, 0.717) is 17.3 Å². The van der Waals surface area contributed by atoms with Gasteiger partial charge in [-0.1, -0.05) is 23.7 Å². The molecule has 1 fully saturated rings. The first-order chi connectivity index (χ1) is 12.7. The van der Waals surface area contributed by atoms with Crippen molar-refractivity contribution >= 4 is 29.1 Å². The number of alkyl halides is 3. The van der Waals surface area contributed by atoms with E-state index in [9.17, 15) is 13.2 Å². The maximum Gasteiger partial charge on any atom is 0.417 e. The van der Waals surface area contributed by atoms with Gasteiger partial charge in [-0.15, -0.1) is 11.8 Å². The molecule has 1 aliphatic rings. The molecule has 1 aromatic carbocycles. The zero-order valence-electron chi connectivity index (χ0n) is 14.8. The molecule has 4 nitrogen and oxygen atoms in total. The van der Waals surface area contributed by atoms with Crippen molar-refractivity contribution in [1.82, 2.24) is 10.3 Å². The number of pyridine rings is 1. The molecule has 0 aliphatic carbocycles. The molecule has 1 N–H and O–H groups in total. The van der Waals surface area contributed by atoms with E-state index in [1.54, 1.807) is 0 Å². The molecule has 146 valence electrons. The first-order valence-electron chi connectivity index (χ1n) is 8.25. The van der Waals surface area contributed by atoms with E-state index >= 15 is 0 Å². The van der Waals surface area contributed by atoms with Gasteiger partial charge in [-0.3, -0.25) is 5.32 Å². The summed E-state index contributed by atoms with van der Waals surface area (Å²) < 4.78 is 44.0. The lowest BCUT2D eigenvalue weighted by Gasteiger charge is -2.16. The van der Waals surface area contributed by atoms with Crippen molar-refractivity contribution in [2.24, 2.45) is 0 Å². The molecule has 0 amide bonds. The normalized spacial score (nSPS) is 20.1. The summed E-state index contributed by atoms with van der Waals surface area (Å²) in [6.07, 6.45) is -3.94. The van der Waals surface area contributed by atoms with Gasteiger partial charge >= 0.3 is 6.18 Å². The Labute approximate surface area is 165 Å². The number of halogens is 4. The lowest BCUT2D eigenvalue weighted by molar-refractivity contribution is -0.137. The van der Waals surface area contributed by atoms with E-state index in [2.05, 4.69) is 10.3 Å². The molecule has 3 rings (SSSR count). The average molecular weight is 418 g/mol. The fraction of sp³-hybridized carbons (Fsp3) is 0.389. The number of nitrogens with zero attached hydrogens (tertiary/aromatic N) is 2. The standard InChI is InChI=1S/C18H19ClF3N3OS/c1-25(2)13-5-3-11(4-6-13)16-23-9-14(26-16)10-27-17-15(19)7-12(8-24-17)18(20,21)22/h3-8,14,16,23H,9-10H2,1-2H3. The van der Waals surface area contributed by atoms with Crippen LogP contribution in [-0.4, -0.2) is 37.5 Å². The highest BCUT2D eigenvalue weighted by Gasteiger charge is 2.32. The quantitative estimate of drug-likeness (QED) is 0.720. The van der Waals surface area contributed by atoms with Crippen LogP contribution >= 0.6 is 23.4 Å². The predicted octanol–water partition coefficient (Wildman–Crippen LogP) is 4.60. The molecule has 1 saturated heterocycles. The minimum atomic E-state index is -4.45. The van der Waals surface area contributed by atoms with Crippen LogP contribution in [0.3, 0.4) is 0 Å². The number of ether oxygens (including phenoxy) is 1. The number of rotatable bonds is 5. The average Bonchev–Trinajstić information content (AvgIpc) is 3.09. The maximum atomic E-state index is 12.7. The third kappa shape index (κ3) is 5.07. The van der Waals surface area contributed by atoms with Gasteiger partial charge in [0.25, 0.3) is 0 Å². The van der Waals surface area contributed by atoms with E-state index in [4.69, 9.17) is 16.3 Å². The lowest BCUT2D eigenvalue weighted by Crippen LogP contribution is -2.17. The van der Waals surface area contributed by atoms with Gasteiger partial charge in [0.15, 0.2) is 0 Å². The summed E-state index contributed by atoms with van der Waals surface area (Å²) in [7, 11) is 3.96. The lowest BCUT2D eigenvalue weighted by atomic mass is 10.2. The first kappa shape index (κ1) is 20.3. The topological polar surface area (TPSA) is 37.4 Å². The van der Waals surface area contributed by atoms with Crippen LogP contribution in [0.2, 0.25) is 5.02 Å². The second-order valence-electron chi connectivity index (χ2n) is 6.35. The van der Waals surface area contributed by atoms with Crippen molar-refractivity contribution in [3.63, 3.8) is 0 Å². The molecule has 27 heavy (non-hydrogen) atoms. The number of hydrogen-bond acceptors (Lipinski definition) is 5. The first-order valence-corrected chi connectivity index (χ1v) is 9.62. The van der Waals surface area contributed by atoms with Gasteiger partial charge in [0.1, 0.15) is 11.3 Å². The Morgan fingerprint density at radius 1 is 1.30 bits per heavy atom. The molecule has 0 radical (unpaired) electrons. The smallest absolute Gasteiger partial charge is 0.378 e. The van der Waals surface area contributed by atoms with Crippen molar-refractivity contribution in [1.29, 1.82) is 0 Å². The van der Waals surface area contributed by atoms with Crippen LogP contribution in [-0.2, 0) is 10.9 Å². The molecule has 1 aliphatic heterocycles. The van der Waals surface area contributed by atoms with Crippen molar-refractivity contribution in [2.75, 3.05) is 31.3 Å². The largest absolute Gasteiger partial charge is 0.417 e. The molecule has 2 atom stereocenters. The summed E-state index contributed by atoms with van der Waals surface area (Å²) in [5.41, 5.74) is 1.28. The van der Waals surface area contributed by atoms with Crippen LogP contribution in [0, 0.1) is 0 Å². The van der Waals surface area contributed by atoms with Crippen molar-refractivity contribution in [2.45, 2.75) is 23.5 Å². The fourth-order valence-electron chi connectivity index (χ4n) is 2.63. The molecule has 0 spiro atoms. The Morgan fingerprint density at radius 2 is 2.00 bits per heavy atom. The number of thioether (sulfide) groups is 1. The minimum absolute atomic E-state index is 0.00314. The van der Waals surface area contributed by atoms with Gasteiger partial charge in [0.2, 0.25) is 0 Å². The van der Waals surface area contributed by atoms with E-state index in [1.165, 1.54) is 11.8 Å². The molecule has 1 aromatic heterocycles. The summed E-state index contributed by atoms with van der Waals surface area (Å²) >= 11 is 7.23. The van der Waals surface area contributed by atoms with Crippen molar-refractivity contribution in [3.05, 3.63) is 52.7 Å². The number of aromatic nitrogens is 1. The second kappa shape index (κ2) is 8.26. The summed E-state index contributed by atoms with van der Waals surface area (Å²) in [5, 5.41) is 3.66. The van der Waals surface area contributed by atoms with Gasteiger partial charge < -0.3 is 9.64 Å². The van der Waals surface area contributed by atoms with Gasteiger partial charge in [-0.2, -0.15) is 13.2 Å². The van der Waals surface area contributed by atoms with Crippen molar-refractivity contribution in [3.8, 4) is 0 Å².